The zero-order valence-electron chi connectivity index (χ0n) is 13.5. The van der Waals surface area contributed by atoms with Crippen molar-refractivity contribution >= 4 is 10.8 Å². The molecule has 0 saturated carbocycles. The summed E-state index contributed by atoms with van der Waals surface area (Å²) in [6.07, 6.45) is 1.64. The van der Waals surface area contributed by atoms with E-state index in [0.29, 0.717) is 18.7 Å². The molecule has 25 heavy (non-hydrogen) atoms. The monoisotopic (exact) mass is 333 g/mol. The van der Waals surface area contributed by atoms with Gasteiger partial charge in [-0.3, -0.25) is 0 Å². The van der Waals surface area contributed by atoms with E-state index in [0.717, 1.165) is 16.8 Å². The average molecular weight is 333 g/mol. The Morgan fingerprint density at radius 1 is 0.920 bits per heavy atom. The largest absolute Gasteiger partial charge is 0.487 e. The Morgan fingerprint density at radius 2 is 1.72 bits per heavy atom. The fourth-order valence-electron chi connectivity index (χ4n) is 2.73. The van der Waals surface area contributed by atoms with Crippen molar-refractivity contribution in [2.45, 2.75) is 13.2 Å². The van der Waals surface area contributed by atoms with Gasteiger partial charge in [0, 0.05) is 5.56 Å². The van der Waals surface area contributed by atoms with Crippen LogP contribution in [0.1, 0.15) is 11.3 Å². The highest BCUT2D eigenvalue weighted by Gasteiger charge is 2.08. The van der Waals surface area contributed by atoms with Gasteiger partial charge in [0.15, 0.2) is 0 Å². The molecule has 0 radical (unpaired) electrons. The topological polar surface area (TPSA) is 39.9 Å². The normalized spacial score (nSPS) is 10.9. The molecule has 1 aromatic heterocycles. The van der Waals surface area contributed by atoms with Crippen molar-refractivity contribution in [1.29, 1.82) is 0 Å². The molecule has 4 aromatic rings. The Bertz CT molecular complexity index is 1010. The Morgan fingerprint density at radius 3 is 2.60 bits per heavy atom. The molecule has 0 atom stereocenters. The van der Waals surface area contributed by atoms with Crippen molar-refractivity contribution in [2.24, 2.45) is 0 Å². The highest BCUT2D eigenvalue weighted by Crippen LogP contribution is 2.21. The van der Waals surface area contributed by atoms with Gasteiger partial charge in [-0.2, -0.15) is 0 Å². The molecule has 0 amide bonds. The van der Waals surface area contributed by atoms with Crippen LogP contribution in [0, 0.1) is 5.82 Å². The molecule has 0 aliphatic heterocycles. The maximum atomic E-state index is 13.8. The second kappa shape index (κ2) is 6.73. The third-order valence-corrected chi connectivity index (χ3v) is 4.08. The lowest BCUT2D eigenvalue weighted by molar-refractivity contribution is 0.293. The van der Waals surface area contributed by atoms with E-state index in [4.69, 9.17) is 4.74 Å². The van der Waals surface area contributed by atoms with Gasteiger partial charge >= 0.3 is 0 Å². The van der Waals surface area contributed by atoms with Gasteiger partial charge in [-0.05, 0) is 29.0 Å². The van der Waals surface area contributed by atoms with E-state index in [-0.39, 0.29) is 5.82 Å². The number of ether oxygens (including phenoxy) is 1. The minimum absolute atomic E-state index is 0.251. The van der Waals surface area contributed by atoms with E-state index in [9.17, 15) is 4.39 Å². The number of hydrogen-bond donors (Lipinski definition) is 0. The molecule has 0 aliphatic rings. The van der Waals surface area contributed by atoms with Gasteiger partial charge in [0.05, 0.1) is 18.4 Å². The van der Waals surface area contributed by atoms with Crippen molar-refractivity contribution in [1.82, 2.24) is 15.0 Å². The molecular weight excluding hydrogens is 317 g/mol. The molecule has 124 valence electrons. The average Bonchev–Trinajstić information content (AvgIpc) is 3.09. The lowest BCUT2D eigenvalue weighted by Crippen LogP contribution is -2.10. The number of hydrogen-bond acceptors (Lipinski definition) is 3. The summed E-state index contributed by atoms with van der Waals surface area (Å²) in [5.41, 5.74) is 1.36. The first-order valence-electron chi connectivity index (χ1n) is 8.02. The number of rotatable bonds is 5. The number of nitrogens with zero attached hydrogens (tertiary/aromatic N) is 3. The van der Waals surface area contributed by atoms with Crippen molar-refractivity contribution in [3.63, 3.8) is 0 Å². The first-order chi connectivity index (χ1) is 12.3. The van der Waals surface area contributed by atoms with Crippen LogP contribution >= 0.6 is 0 Å². The Labute approximate surface area is 144 Å². The molecule has 0 fully saturated rings. The molecule has 0 N–H and O–H groups in total. The van der Waals surface area contributed by atoms with Crippen LogP contribution in [0.2, 0.25) is 0 Å². The number of aromatic nitrogens is 3. The highest BCUT2D eigenvalue weighted by molar-refractivity contribution is 5.83. The van der Waals surface area contributed by atoms with Gasteiger partial charge in [-0.1, -0.05) is 53.7 Å². The highest BCUT2D eigenvalue weighted by atomic mass is 19.1. The van der Waals surface area contributed by atoms with E-state index < -0.39 is 0 Å². The van der Waals surface area contributed by atoms with Crippen molar-refractivity contribution in [3.05, 3.63) is 90.0 Å². The van der Waals surface area contributed by atoms with E-state index in [1.807, 2.05) is 36.4 Å². The van der Waals surface area contributed by atoms with Crippen LogP contribution < -0.4 is 4.74 Å². The van der Waals surface area contributed by atoms with Gasteiger partial charge in [0.2, 0.25) is 0 Å². The summed E-state index contributed by atoms with van der Waals surface area (Å²) < 4.78 is 21.3. The number of benzene rings is 3. The second-order valence-electron chi connectivity index (χ2n) is 5.77. The summed E-state index contributed by atoms with van der Waals surface area (Å²) in [6.45, 7) is 0.642. The number of halogens is 1. The molecule has 4 rings (SSSR count). The SMILES string of the molecule is Fc1ccccc1Cn1nncc1COc1ccc2ccccc2c1. The van der Waals surface area contributed by atoms with Crippen LogP contribution in [-0.4, -0.2) is 15.0 Å². The van der Waals surface area contributed by atoms with Crippen LogP contribution in [0.3, 0.4) is 0 Å². The van der Waals surface area contributed by atoms with Crippen LogP contribution in [0.5, 0.6) is 5.75 Å². The third kappa shape index (κ3) is 3.35. The molecule has 0 unspecified atom stereocenters. The first-order valence-corrected chi connectivity index (χ1v) is 8.02. The smallest absolute Gasteiger partial charge is 0.132 e. The van der Waals surface area contributed by atoms with Crippen LogP contribution in [0.4, 0.5) is 4.39 Å². The number of fused-ring (bicyclic) bond motifs is 1. The van der Waals surface area contributed by atoms with Gasteiger partial charge < -0.3 is 4.74 Å². The molecule has 4 nitrogen and oxygen atoms in total. The van der Waals surface area contributed by atoms with E-state index in [2.05, 4.69) is 16.4 Å². The summed E-state index contributed by atoms with van der Waals surface area (Å²) in [5, 5.41) is 10.2. The molecule has 3 aromatic carbocycles. The van der Waals surface area contributed by atoms with Crippen molar-refractivity contribution in [3.8, 4) is 5.75 Å². The second-order valence-corrected chi connectivity index (χ2v) is 5.77. The van der Waals surface area contributed by atoms with Gasteiger partial charge in [0.25, 0.3) is 0 Å². The van der Waals surface area contributed by atoms with Crippen LogP contribution in [0.25, 0.3) is 10.8 Å². The summed E-state index contributed by atoms with van der Waals surface area (Å²) in [6, 6.07) is 20.7. The molecule has 0 aliphatic carbocycles. The molecule has 0 saturated heterocycles. The summed E-state index contributed by atoms with van der Waals surface area (Å²) in [5.74, 6) is 0.525. The molecule has 5 heteroatoms. The maximum absolute atomic E-state index is 13.8. The molecule has 0 bridgehead atoms. The van der Waals surface area contributed by atoms with E-state index in [1.54, 1.807) is 29.1 Å². The van der Waals surface area contributed by atoms with E-state index in [1.165, 1.54) is 11.5 Å². The van der Waals surface area contributed by atoms with Crippen molar-refractivity contribution in [2.75, 3.05) is 0 Å². The Hall–Kier alpha value is -3.21. The Kier molecular flexibility index (Phi) is 4.12. The summed E-state index contributed by atoms with van der Waals surface area (Å²) in [4.78, 5) is 0. The lowest BCUT2D eigenvalue weighted by Gasteiger charge is -2.09. The minimum atomic E-state index is -0.251. The zero-order chi connectivity index (χ0) is 17.1. The van der Waals surface area contributed by atoms with Crippen LogP contribution in [-0.2, 0) is 13.2 Å². The van der Waals surface area contributed by atoms with Gasteiger partial charge in [-0.15, -0.1) is 5.10 Å². The molecule has 1 heterocycles. The predicted octanol–water partition coefficient (Wildman–Crippen LogP) is 4.20. The third-order valence-electron chi connectivity index (χ3n) is 4.08. The standard InChI is InChI=1S/C20H16FN3O/c21-20-8-4-3-7-17(20)13-24-18(12-22-23-24)14-25-19-10-9-15-5-1-2-6-16(15)11-19/h1-12H,13-14H2. The quantitative estimate of drug-likeness (QED) is 0.549. The lowest BCUT2D eigenvalue weighted by atomic mass is 10.1. The first kappa shape index (κ1) is 15.3. The minimum Gasteiger partial charge on any atom is -0.487 e. The Balaban J connectivity index is 1.50. The van der Waals surface area contributed by atoms with E-state index >= 15 is 0 Å². The molecular formula is C20H16FN3O. The predicted molar refractivity (Wildman–Crippen MR) is 93.8 cm³/mol. The summed E-state index contributed by atoms with van der Waals surface area (Å²) >= 11 is 0. The van der Waals surface area contributed by atoms with Gasteiger partial charge in [0.1, 0.15) is 18.2 Å². The fraction of sp³-hybridized carbons (Fsp3) is 0.100. The zero-order valence-corrected chi connectivity index (χ0v) is 13.5. The van der Waals surface area contributed by atoms with Gasteiger partial charge in [-0.25, -0.2) is 9.07 Å². The van der Waals surface area contributed by atoms with Crippen molar-refractivity contribution < 1.29 is 9.13 Å². The maximum Gasteiger partial charge on any atom is 0.132 e. The van der Waals surface area contributed by atoms with Crippen LogP contribution in [0.15, 0.2) is 72.9 Å². The fourth-order valence-corrected chi connectivity index (χ4v) is 2.73. The molecule has 0 spiro atoms. The summed E-state index contributed by atoms with van der Waals surface area (Å²) in [7, 11) is 0.